The number of hydrogen-bond acceptors (Lipinski definition) is 5. The number of halogens is 1. The van der Waals surface area contributed by atoms with Crippen LogP contribution in [-0.4, -0.2) is 34.7 Å². The van der Waals surface area contributed by atoms with Gasteiger partial charge in [-0.25, -0.2) is 0 Å². The molecule has 0 saturated carbocycles. The fourth-order valence-corrected chi connectivity index (χ4v) is 4.51. The molecule has 2 aliphatic rings. The number of aliphatic hydroxyl groups excluding tert-OH is 1. The fraction of sp³-hybridized carbons (Fsp3) is 0.292. The molecule has 0 bridgehead atoms. The number of aliphatic hydroxyl groups is 1. The molecule has 30 heavy (non-hydrogen) atoms. The molecule has 0 radical (unpaired) electrons. The Bertz CT molecular complexity index is 1060. The molecule has 6 heteroatoms. The molecule has 4 nitrogen and oxygen atoms in total. The van der Waals surface area contributed by atoms with Gasteiger partial charge in [0.2, 0.25) is 5.78 Å². The second-order valence-corrected chi connectivity index (χ2v) is 8.46. The number of allylic oxidation sites excluding steroid dienone is 2. The third-order valence-corrected chi connectivity index (χ3v) is 6.30. The zero-order valence-corrected chi connectivity index (χ0v) is 18.0. The highest BCUT2D eigenvalue weighted by Gasteiger charge is 2.33. The summed E-state index contributed by atoms with van der Waals surface area (Å²) in [5, 5.41) is 18.3. The lowest BCUT2D eigenvalue weighted by Gasteiger charge is -2.31. The lowest BCUT2D eigenvalue weighted by molar-refractivity contribution is -0.109. The van der Waals surface area contributed by atoms with E-state index in [1.165, 1.54) is 0 Å². The van der Waals surface area contributed by atoms with Crippen LogP contribution in [0.15, 0.2) is 48.0 Å². The molecular weight excluding hydrogens is 418 g/mol. The van der Waals surface area contributed by atoms with Gasteiger partial charge in [0, 0.05) is 34.2 Å². The number of Topliss-reactive ketones (excluding diaryl/α,β-unsaturated/α-hetero) is 1. The monoisotopic (exact) mass is 439 g/mol. The lowest BCUT2D eigenvalue weighted by atomic mass is 9.78. The highest BCUT2D eigenvalue weighted by atomic mass is 35.5. The van der Waals surface area contributed by atoms with Crippen LogP contribution in [0, 0.1) is 5.41 Å². The van der Waals surface area contributed by atoms with Gasteiger partial charge in [0.1, 0.15) is 5.75 Å². The quantitative estimate of drug-likeness (QED) is 0.487. The van der Waals surface area contributed by atoms with Crippen molar-refractivity contribution in [1.29, 1.82) is 5.41 Å². The van der Waals surface area contributed by atoms with E-state index in [-0.39, 0.29) is 24.0 Å². The summed E-state index contributed by atoms with van der Waals surface area (Å²) >= 11 is 11.6. The van der Waals surface area contributed by atoms with E-state index in [0.717, 1.165) is 34.4 Å². The van der Waals surface area contributed by atoms with E-state index in [0.29, 0.717) is 41.3 Å². The molecule has 4 rings (SSSR count). The van der Waals surface area contributed by atoms with E-state index in [2.05, 4.69) is 0 Å². The van der Waals surface area contributed by atoms with E-state index in [9.17, 15) is 9.90 Å². The van der Waals surface area contributed by atoms with Crippen LogP contribution in [0.5, 0.6) is 5.75 Å². The number of benzene rings is 2. The number of ketones is 1. The minimum absolute atomic E-state index is 0.0331. The Kier molecular flexibility index (Phi) is 6.14. The number of hydrogen-bond donors (Lipinski definition) is 2. The van der Waals surface area contributed by atoms with Crippen LogP contribution in [0.4, 0.5) is 0 Å². The summed E-state index contributed by atoms with van der Waals surface area (Å²) in [7, 11) is 0. The SMILES string of the molecule is N=C(CCc1ccc(Cl)cc1)C(=O)C1=CC2CCOc3cc(CCO)cc(c32)C1=S. The number of ether oxygens (including phenoxy) is 1. The minimum atomic E-state index is -0.305. The molecule has 0 aromatic heterocycles. The van der Waals surface area contributed by atoms with Crippen molar-refractivity contribution in [1.82, 2.24) is 0 Å². The molecule has 1 aliphatic carbocycles. The number of rotatable bonds is 7. The zero-order valence-electron chi connectivity index (χ0n) is 16.4. The van der Waals surface area contributed by atoms with Crippen LogP contribution in [0.1, 0.15) is 41.0 Å². The number of carbonyl (C=O) groups is 1. The van der Waals surface area contributed by atoms with Crippen molar-refractivity contribution >= 4 is 40.2 Å². The van der Waals surface area contributed by atoms with Crippen LogP contribution in [0.25, 0.3) is 0 Å². The van der Waals surface area contributed by atoms with Gasteiger partial charge in [-0.05, 0) is 61.1 Å². The third-order valence-electron chi connectivity index (χ3n) is 5.61. The van der Waals surface area contributed by atoms with Crippen molar-refractivity contribution in [2.24, 2.45) is 0 Å². The van der Waals surface area contributed by atoms with Gasteiger partial charge in [-0.15, -0.1) is 0 Å². The molecule has 2 N–H and O–H groups in total. The summed E-state index contributed by atoms with van der Waals surface area (Å²) in [4.78, 5) is 13.6. The average molecular weight is 440 g/mol. The maximum Gasteiger partial charge on any atom is 0.207 e. The highest BCUT2D eigenvalue weighted by molar-refractivity contribution is 7.81. The Morgan fingerprint density at radius 2 is 1.97 bits per heavy atom. The first-order valence-electron chi connectivity index (χ1n) is 10.0. The summed E-state index contributed by atoms with van der Waals surface area (Å²) in [6, 6.07) is 11.4. The molecule has 2 aromatic rings. The van der Waals surface area contributed by atoms with Gasteiger partial charge in [0.15, 0.2) is 0 Å². The largest absolute Gasteiger partial charge is 0.493 e. The van der Waals surface area contributed by atoms with Crippen LogP contribution >= 0.6 is 23.8 Å². The van der Waals surface area contributed by atoms with E-state index >= 15 is 0 Å². The standard InChI is InChI=1S/C24H22ClNO3S/c25-17-4-1-14(2-5-17)3-6-20(26)23(28)19-13-16-8-10-29-21-12-15(7-9-27)11-18(22(16)21)24(19)30/h1-2,4-5,11-13,16,26-27H,3,6-10H2. The predicted molar refractivity (Wildman–Crippen MR) is 122 cm³/mol. The second kappa shape index (κ2) is 8.80. The Labute approximate surface area is 186 Å². The molecule has 154 valence electrons. The molecule has 0 fully saturated rings. The zero-order chi connectivity index (χ0) is 21.3. The fourth-order valence-electron chi connectivity index (χ4n) is 4.05. The normalized spacial score (nSPS) is 17.1. The number of carbonyl (C=O) groups excluding carboxylic acids is 1. The minimum Gasteiger partial charge on any atom is -0.493 e. The van der Waals surface area contributed by atoms with E-state index in [1.54, 1.807) is 0 Å². The maximum absolute atomic E-state index is 13.1. The van der Waals surface area contributed by atoms with Crippen molar-refractivity contribution in [3.8, 4) is 5.75 Å². The first-order chi connectivity index (χ1) is 14.5. The molecular formula is C24H22ClNO3S. The third kappa shape index (κ3) is 4.10. The van der Waals surface area contributed by atoms with Crippen molar-refractivity contribution < 1.29 is 14.6 Å². The molecule has 0 spiro atoms. The topological polar surface area (TPSA) is 70.4 Å². The maximum atomic E-state index is 13.1. The van der Waals surface area contributed by atoms with Crippen LogP contribution < -0.4 is 4.74 Å². The highest BCUT2D eigenvalue weighted by Crippen LogP contribution is 2.43. The summed E-state index contributed by atoms with van der Waals surface area (Å²) in [6.45, 7) is 0.601. The van der Waals surface area contributed by atoms with E-state index < -0.39 is 0 Å². The molecule has 1 heterocycles. The van der Waals surface area contributed by atoms with Gasteiger partial charge in [-0.3, -0.25) is 4.79 Å². The predicted octanol–water partition coefficient (Wildman–Crippen LogP) is 4.62. The van der Waals surface area contributed by atoms with Gasteiger partial charge in [0.25, 0.3) is 0 Å². The Balaban J connectivity index is 1.57. The molecule has 0 amide bonds. The van der Waals surface area contributed by atoms with Crippen molar-refractivity contribution in [2.45, 2.75) is 31.6 Å². The first-order valence-corrected chi connectivity index (χ1v) is 10.8. The van der Waals surface area contributed by atoms with Gasteiger partial charge in [0.05, 0.1) is 17.2 Å². The molecule has 2 aromatic carbocycles. The van der Waals surface area contributed by atoms with Crippen molar-refractivity contribution in [2.75, 3.05) is 13.2 Å². The number of aryl methyl sites for hydroxylation is 1. The van der Waals surface area contributed by atoms with Crippen LogP contribution in [-0.2, 0) is 17.6 Å². The van der Waals surface area contributed by atoms with Crippen molar-refractivity contribution in [3.05, 3.63) is 75.3 Å². The van der Waals surface area contributed by atoms with Crippen molar-refractivity contribution in [3.63, 3.8) is 0 Å². The average Bonchev–Trinajstić information content (AvgIpc) is 2.75. The van der Waals surface area contributed by atoms with Gasteiger partial charge in [-0.2, -0.15) is 0 Å². The van der Waals surface area contributed by atoms with Gasteiger partial charge in [-0.1, -0.05) is 42.0 Å². The first kappa shape index (κ1) is 20.9. The summed E-state index contributed by atoms with van der Waals surface area (Å²) < 4.78 is 5.84. The van der Waals surface area contributed by atoms with Crippen LogP contribution in [0.2, 0.25) is 5.02 Å². The Morgan fingerprint density at radius 3 is 2.70 bits per heavy atom. The second-order valence-electron chi connectivity index (χ2n) is 7.62. The summed E-state index contributed by atoms with van der Waals surface area (Å²) in [5.74, 6) is 0.539. The Morgan fingerprint density at radius 1 is 1.20 bits per heavy atom. The van der Waals surface area contributed by atoms with Gasteiger partial charge >= 0.3 is 0 Å². The molecule has 0 saturated heterocycles. The summed E-state index contributed by atoms with van der Waals surface area (Å²) in [5.41, 5.74) is 4.31. The van der Waals surface area contributed by atoms with Gasteiger partial charge < -0.3 is 15.3 Å². The summed E-state index contributed by atoms with van der Waals surface area (Å²) in [6.07, 6.45) is 4.14. The molecule has 1 aliphatic heterocycles. The van der Waals surface area contributed by atoms with Crippen LogP contribution in [0.3, 0.4) is 0 Å². The number of nitrogens with one attached hydrogen (secondary N) is 1. The molecule has 1 atom stereocenters. The van der Waals surface area contributed by atoms with E-state index in [1.807, 2.05) is 42.5 Å². The Hall–Kier alpha value is -2.34. The number of thiocarbonyl (C=S) groups is 1. The lowest BCUT2D eigenvalue weighted by Crippen LogP contribution is -2.28. The van der Waals surface area contributed by atoms with E-state index in [4.69, 9.17) is 34.0 Å². The smallest absolute Gasteiger partial charge is 0.207 e. The molecule has 1 unspecified atom stereocenters.